The zero-order valence-electron chi connectivity index (χ0n) is 10.7. The van der Waals surface area contributed by atoms with E-state index in [4.69, 9.17) is 10.1 Å². The number of carbonyl (C=O) groups is 1. The van der Waals surface area contributed by atoms with Gasteiger partial charge in [-0.15, -0.1) is 0 Å². The summed E-state index contributed by atoms with van der Waals surface area (Å²) in [4.78, 5) is 18.8. The van der Waals surface area contributed by atoms with Crippen LogP contribution in [0.5, 0.6) is 0 Å². The third-order valence-electron chi connectivity index (χ3n) is 2.22. The zero-order valence-corrected chi connectivity index (χ0v) is 10.7. The van der Waals surface area contributed by atoms with Crippen LogP contribution < -0.4 is 0 Å². The molecule has 1 heterocycles. The van der Waals surface area contributed by atoms with Crippen LogP contribution in [0.2, 0.25) is 0 Å². The first kappa shape index (κ1) is 13.4. The summed E-state index contributed by atoms with van der Waals surface area (Å²) in [5, 5.41) is 7.87. The first-order valence-electron chi connectivity index (χ1n) is 5.66. The van der Waals surface area contributed by atoms with Crippen molar-refractivity contribution in [3.8, 4) is 0 Å². The molecule has 1 atom stereocenters. The number of aromatic nitrogens is 2. The maximum Gasteiger partial charge on any atom is 0.353 e. The molecule has 94 valence electrons. The van der Waals surface area contributed by atoms with Gasteiger partial charge in [0.25, 0.3) is 0 Å². The molecule has 0 saturated carbocycles. The number of ether oxygens (including phenoxy) is 1. The van der Waals surface area contributed by atoms with Gasteiger partial charge in [-0.05, 0) is 27.2 Å². The van der Waals surface area contributed by atoms with Gasteiger partial charge < -0.3 is 9.72 Å². The zero-order chi connectivity index (χ0) is 13.1. The highest BCUT2D eigenvalue weighted by Crippen LogP contribution is 2.19. The predicted molar refractivity (Wildman–Crippen MR) is 65.2 cm³/mol. The van der Waals surface area contributed by atoms with Gasteiger partial charge in [0.15, 0.2) is 0 Å². The highest BCUT2D eigenvalue weighted by atomic mass is 16.6. The molecule has 0 aromatic carbocycles. The fourth-order valence-corrected chi connectivity index (χ4v) is 1.48. The Balaban J connectivity index is 2.77. The van der Waals surface area contributed by atoms with Crippen molar-refractivity contribution in [2.45, 2.75) is 45.6 Å². The van der Waals surface area contributed by atoms with E-state index in [-0.39, 0.29) is 11.6 Å². The molecule has 0 spiro atoms. The Morgan fingerprint density at radius 3 is 2.65 bits per heavy atom. The van der Waals surface area contributed by atoms with E-state index in [9.17, 15) is 4.79 Å². The lowest BCUT2D eigenvalue weighted by molar-refractivity contribution is -0.146. The summed E-state index contributed by atoms with van der Waals surface area (Å²) in [6, 6.07) is 0. The van der Waals surface area contributed by atoms with E-state index in [2.05, 4.69) is 9.97 Å². The molecule has 17 heavy (non-hydrogen) atoms. The van der Waals surface area contributed by atoms with E-state index >= 15 is 0 Å². The van der Waals surface area contributed by atoms with Crippen LogP contribution in [0.1, 0.15) is 45.9 Å². The van der Waals surface area contributed by atoms with Crippen molar-refractivity contribution in [2.75, 3.05) is 0 Å². The second kappa shape index (κ2) is 5.12. The summed E-state index contributed by atoms with van der Waals surface area (Å²) in [6.45, 7) is 7.26. The van der Waals surface area contributed by atoms with E-state index in [0.29, 0.717) is 12.2 Å². The third kappa shape index (κ3) is 3.69. The molecular weight excluding hydrogens is 218 g/mol. The van der Waals surface area contributed by atoms with Gasteiger partial charge in [0.05, 0.1) is 5.92 Å². The van der Waals surface area contributed by atoms with Crippen molar-refractivity contribution in [2.24, 2.45) is 0 Å². The van der Waals surface area contributed by atoms with Crippen molar-refractivity contribution in [3.63, 3.8) is 0 Å². The Hall–Kier alpha value is -1.65. The van der Waals surface area contributed by atoms with Crippen LogP contribution in [0.3, 0.4) is 0 Å². The van der Waals surface area contributed by atoms with Crippen molar-refractivity contribution in [3.05, 3.63) is 18.2 Å². The van der Waals surface area contributed by atoms with E-state index in [1.165, 1.54) is 0 Å². The summed E-state index contributed by atoms with van der Waals surface area (Å²) in [5.41, 5.74) is -0.637. The first-order valence-corrected chi connectivity index (χ1v) is 5.66. The Labute approximate surface area is 101 Å². The summed E-state index contributed by atoms with van der Waals surface area (Å²) in [7, 11) is 0. The van der Waals surface area contributed by atoms with Gasteiger partial charge in [0.1, 0.15) is 17.1 Å². The molecule has 0 saturated heterocycles. The molecule has 0 aliphatic rings. The van der Waals surface area contributed by atoms with Gasteiger partial charge in [-0.2, -0.15) is 0 Å². The second-order valence-corrected chi connectivity index (χ2v) is 4.85. The number of nitrogens with zero attached hydrogens (tertiary/aromatic N) is 1. The number of H-pyrrole nitrogens is 1. The fraction of sp³-hybridized carbons (Fsp3) is 0.583. The highest BCUT2D eigenvalue weighted by Gasteiger charge is 2.27. The number of esters is 1. The molecule has 1 aromatic rings. The van der Waals surface area contributed by atoms with E-state index in [0.717, 1.165) is 0 Å². The lowest BCUT2D eigenvalue weighted by Gasteiger charge is -2.21. The molecule has 1 rings (SSSR count). The number of nitrogens with one attached hydrogen (secondary N) is 2. The average Bonchev–Trinajstić information content (AvgIpc) is 2.69. The molecule has 0 amide bonds. The fourth-order valence-electron chi connectivity index (χ4n) is 1.48. The van der Waals surface area contributed by atoms with Gasteiger partial charge in [0, 0.05) is 12.4 Å². The average molecular weight is 237 g/mol. The predicted octanol–water partition coefficient (Wildman–Crippen LogP) is 2.26. The van der Waals surface area contributed by atoms with Crippen LogP contribution in [-0.4, -0.2) is 27.2 Å². The third-order valence-corrected chi connectivity index (χ3v) is 2.22. The monoisotopic (exact) mass is 237 g/mol. The standard InChI is InChI=1S/C12H19N3O2/c1-5-8(10-14-6-7-15-10)9(13)11(16)17-12(2,3)4/h6-8,13H,5H2,1-4H3,(H,14,15)/t8-/m0/s1. The van der Waals surface area contributed by atoms with Crippen LogP contribution in [-0.2, 0) is 9.53 Å². The minimum absolute atomic E-state index is 0.0580. The molecule has 2 N–H and O–H groups in total. The maximum atomic E-state index is 11.8. The second-order valence-electron chi connectivity index (χ2n) is 4.85. The van der Waals surface area contributed by atoms with E-state index in [1.54, 1.807) is 33.2 Å². The Kier molecular flexibility index (Phi) is 4.04. The summed E-state index contributed by atoms with van der Waals surface area (Å²) in [5.74, 6) is -0.288. The van der Waals surface area contributed by atoms with Crippen LogP contribution in [0.15, 0.2) is 12.4 Å². The lowest BCUT2D eigenvalue weighted by Crippen LogP contribution is -2.31. The Morgan fingerprint density at radius 2 is 2.24 bits per heavy atom. The summed E-state index contributed by atoms with van der Waals surface area (Å²) < 4.78 is 5.18. The molecule has 1 aromatic heterocycles. The van der Waals surface area contributed by atoms with Gasteiger partial charge in [-0.1, -0.05) is 6.92 Å². The van der Waals surface area contributed by atoms with Crippen LogP contribution in [0.4, 0.5) is 0 Å². The molecule has 0 bridgehead atoms. The number of hydrogen-bond donors (Lipinski definition) is 2. The molecule has 0 unspecified atom stereocenters. The normalized spacial score (nSPS) is 13.2. The van der Waals surface area contributed by atoms with Crippen molar-refractivity contribution >= 4 is 11.7 Å². The molecule has 5 nitrogen and oxygen atoms in total. The minimum Gasteiger partial charge on any atom is -0.455 e. The van der Waals surface area contributed by atoms with Crippen LogP contribution in [0.25, 0.3) is 0 Å². The lowest BCUT2D eigenvalue weighted by atomic mass is 9.99. The summed E-state index contributed by atoms with van der Waals surface area (Å²) in [6.07, 6.45) is 3.92. The Morgan fingerprint density at radius 1 is 1.59 bits per heavy atom. The topological polar surface area (TPSA) is 78.8 Å². The maximum absolute atomic E-state index is 11.8. The number of carbonyl (C=O) groups excluding carboxylic acids is 1. The largest absolute Gasteiger partial charge is 0.455 e. The van der Waals surface area contributed by atoms with Gasteiger partial charge >= 0.3 is 5.97 Å². The van der Waals surface area contributed by atoms with Gasteiger partial charge in [-0.3, -0.25) is 5.41 Å². The molecule has 5 heteroatoms. The smallest absolute Gasteiger partial charge is 0.353 e. The highest BCUT2D eigenvalue weighted by molar-refractivity contribution is 6.37. The first-order chi connectivity index (χ1) is 7.85. The number of aromatic amines is 1. The van der Waals surface area contributed by atoms with E-state index < -0.39 is 11.6 Å². The molecule has 0 fully saturated rings. The quantitative estimate of drug-likeness (QED) is 0.622. The van der Waals surface area contributed by atoms with Crippen molar-refractivity contribution in [1.82, 2.24) is 9.97 Å². The van der Waals surface area contributed by atoms with E-state index in [1.807, 2.05) is 6.92 Å². The number of rotatable bonds is 4. The van der Waals surface area contributed by atoms with Gasteiger partial charge in [0.2, 0.25) is 0 Å². The number of hydrogen-bond acceptors (Lipinski definition) is 4. The van der Waals surface area contributed by atoms with Crippen molar-refractivity contribution < 1.29 is 9.53 Å². The number of imidazole rings is 1. The summed E-state index contributed by atoms with van der Waals surface area (Å²) >= 11 is 0. The van der Waals surface area contributed by atoms with Crippen molar-refractivity contribution in [1.29, 1.82) is 5.41 Å². The molecule has 0 aliphatic carbocycles. The molecule has 0 aliphatic heterocycles. The van der Waals surface area contributed by atoms with Crippen LogP contribution in [0, 0.1) is 5.41 Å². The SMILES string of the molecule is CC[C@@H](C(=N)C(=O)OC(C)(C)C)c1ncc[nH]1. The Bertz CT molecular complexity index is 390. The van der Waals surface area contributed by atoms with Crippen LogP contribution >= 0.6 is 0 Å². The molecular formula is C12H19N3O2. The molecule has 0 radical (unpaired) electrons. The van der Waals surface area contributed by atoms with Gasteiger partial charge in [-0.25, -0.2) is 9.78 Å². The minimum atomic E-state index is -0.583.